The molecule has 4 heteroatoms. The van der Waals surface area contributed by atoms with E-state index in [0.717, 1.165) is 12.0 Å². The van der Waals surface area contributed by atoms with Gasteiger partial charge in [-0.2, -0.15) is 0 Å². The van der Waals surface area contributed by atoms with Crippen LogP contribution in [0.4, 0.5) is 0 Å². The molecule has 0 bridgehead atoms. The summed E-state index contributed by atoms with van der Waals surface area (Å²) < 4.78 is 12.1. The van der Waals surface area contributed by atoms with Gasteiger partial charge in [-0.25, -0.2) is 0 Å². The Morgan fingerprint density at radius 1 is 0.903 bits per heavy atom. The quantitative estimate of drug-likeness (QED) is 0.124. The predicted octanol–water partition coefficient (Wildman–Crippen LogP) is 8.73. The van der Waals surface area contributed by atoms with Crippen molar-refractivity contribution in [2.75, 3.05) is 6.61 Å². The van der Waals surface area contributed by atoms with E-state index in [0.29, 0.717) is 12.2 Å². The van der Waals surface area contributed by atoms with Gasteiger partial charge in [0.1, 0.15) is 0 Å². The molecule has 0 aliphatic heterocycles. The molecule has 0 saturated heterocycles. The topological polar surface area (TPSA) is 26.3 Å². The fourth-order valence-electron chi connectivity index (χ4n) is 4.77. The normalized spacial score (nSPS) is 12.8. The molecule has 0 fully saturated rings. The number of unbranched alkanes of at least 4 members (excludes halogenated alkanes) is 3. The fraction of sp³-hybridized carbons (Fsp3) is 0.667. The molecule has 0 saturated carbocycles. The van der Waals surface area contributed by atoms with E-state index in [-0.39, 0.29) is 5.97 Å². The summed E-state index contributed by atoms with van der Waals surface area (Å²) in [5.41, 5.74) is 1.82. The standard InChI is InChI=1S/C15H21O2Si.3C4H9.Sn/c1-13-7-9-14(10-8-13)15(16)17-11-5-6-12-18(2,3)4;3*1-3-4-2;/h6-10H,5,11H2,1-4H3;3*1,3-4H2,2H3;. The second-order valence-corrected chi connectivity index (χ2v) is 29.8. The van der Waals surface area contributed by atoms with E-state index in [1.165, 1.54) is 51.8 Å². The van der Waals surface area contributed by atoms with E-state index in [2.05, 4.69) is 46.5 Å². The number of aryl methyl sites for hydroxylation is 1. The van der Waals surface area contributed by atoms with Crippen molar-refractivity contribution in [1.82, 2.24) is 0 Å². The number of carbonyl (C=O) groups excluding carboxylic acids is 1. The first-order valence-corrected chi connectivity index (χ1v) is 23.6. The number of hydrogen-bond acceptors (Lipinski definition) is 2. The molecule has 1 aromatic carbocycles. The van der Waals surface area contributed by atoms with Crippen LogP contribution in [-0.4, -0.2) is 39.0 Å². The summed E-state index contributed by atoms with van der Waals surface area (Å²) in [5, 5.41) is 0. The molecular formula is C27H48O2SiSn. The van der Waals surface area contributed by atoms with E-state index in [4.69, 9.17) is 4.74 Å². The Labute approximate surface area is 198 Å². The molecule has 0 amide bonds. The van der Waals surface area contributed by atoms with Crippen LogP contribution in [0.1, 0.15) is 81.6 Å². The number of benzene rings is 1. The molecule has 0 aromatic heterocycles. The molecule has 0 radical (unpaired) electrons. The summed E-state index contributed by atoms with van der Waals surface area (Å²) >= 11 is -2.42. The maximum absolute atomic E-state index is 12.4. The number of ether oxygens (including phenoxy) is 1. The Bertz CT molecular complexity index is 652. The van der Waals surface area contributed by atoms with Crippen LogP contribution in [0, 0.1) is 6.92 Å². The van der Waals surface area contributed by atoms with Crippen molar-refractivity contribution in [2.45, 2.75) is 106 Å². The first kappa shape index (κ1) is 28.5. The van der Waals surface area contributed by atoms with Crippen LogP contribution in [0.15, 0.2) is 33.6 Å². The fourth-order valence-corrected chi connectivity index (χ4v) is 38.2. The maximum atomic E-state index is 12.4. The molecule has 0 aliphatic rings. The van der Waals surface area contributed by atoms with Gasteiger partial charge >= 0.3 is 199 Å². The third-order valence-corrected chi connectivity index (χ3v) is 33.3. The van der Waals surface area contributed by atoms with Gasteiger partial charge in [-0.15, -0.1) is 0 Å². The Kier molecular flexibility index (Phi) is 13.4. The third-order valence-electron chi connectivity index (χ3n) is 6.39. The number of rotatable bonds is 15. The second-order valence-electron chi connectivity index (χ2n) is 10.2. The van der Waals surface area contributed by atoms with Crippen LogP contribution in [0.2, 0.25) is 33.0 Å². The van der Waals surface area contributed by atoms with E-state index in [1.54, 1.807) is 0 Å². The molecule has 1 aromatic rings. The molecule has 0 aliphatic carbocycles. The Balaban J connectivity index is 3.02. The van der Waals surface area contributed by atoms with Gasteiger partial charge in [-0.3, -0.25) is 0 Å². The molecular weight excluding hydrogens is 503 g/mol. The summed E-state index contributed by atoms with van der Waals surface area (Å²) in [6, 6.07) is 7.67. The zero-order chi connectivity index (χ0) is 23.3. The van der Waals surface area contributed by atoms with Crippen LogP contribution in [-0.2, 0) is 4.74 Å². The minimum atomic E-state index is -2.42. The molecule has 0 N–H and O–H groups in total. The van der Waals surface area contributed by atoms with Gasteiger partial charge in [0.2, 0.25) is 0 Å². The SMILES string of the molecule is CCC[CH2][Sn]([CH2]CCC)([CH2]CCC)/[C](=C\CCOC(=O)c1ccc(C)cc1)[Si](C)(C)C. The van der Waals surface area contributed by atoms with E-state index in [9.17, 15) is 4.79 Å². The van der Waals surface area contributed by atoms with Gasteiger partial charge in [-0.1, -0.05) is 0 Å². The molecule has 31 heavy (non-hydrogen) atoms. The minimum absolute atomic E-state index is 0.194. The van der Waals surface area contributed by atoms with Crippen LogP contribution in [0.25, 0.3) is 0 Å². The van der Waals surface area contributed by atoms with Crippen LogP contribution in [0.3, 0.4) is 0 Å². The third kappa shape index (κ3) is 9.85. The molecule has 0 atom stereocenters. The van der Waals surface area contributed by atoms with Gasteiger partial charge in [0.15, 0.2) is 0 Å². The summed E-state index contributed by atoms with van der Waals surface area (Å²) in [6.07, 6.45) is 11.6. The van der Waals surface area contributed by atoms with Crippen molar-refractivity contribution < 1.29 is 9.53 Å². The van der Waals surface area contributed by atoms with E-state index < -0.39 is 26.5 Å². The number of esters is 1. The summed E-state index contributed by atoms with van der Waals surface area (Å²) in [4.78, 5) is 12.4. The monoisotopic (exact) mass is 552 g/mol. The molecule has 176 valence electrons. The van der Waals surface area contributed by atoms with E-state index in [1.807, 2.05) is 34.4 Å². The van der Waals surface area contributed by atoms with Crippen molar-refractivity contribution in [3.05, 3.63) is 44.7 Å². The zero-order valence-corrected chi connectivity index (χ0v) is 25.3. The van der Waals surface area contributed by atoms with Gasteiger partial charge in [0.25, 0.3) is 0 Å². The van der Waals surface area contributed by atoms with Crippen LogP contribution in [0.5, 0.6) is 0 Å². The first-order chi connectivity index (χ1) is 14.7. The second kappa shape index (κ2) is 14.6. The van der Waals surface area contributed by atoms with E-state index >= 15 is 0 Å². The number of hydrogen-bond donors (Lipinski definition) is 0. The molecule has 0 unspecified atom stereocenters. The van der Waals surface area contributed by atoms with Gasteiger partial charge < -0.3 is 0 Å². The molecule has 1 rings (SSSR count). The summed E-state index contributed by atoms with van der Waals surface area (Å²) in [7, 11) is -1.41. The Morgan fingerprint density at radius 2 is 1.39 bits per heavy atom. The number of carbonyl (C=O) groups is 1. The van der Waals surface area contributed by atoms with Crippen molar-refractivity contribution in [1.29, 1.82) is 0 Å². The molecule has 0 heterocycles. The van der Waals surface area contributed by atoms with Crippen molar-refractivity contribution in [3.8, 4) is 0 Å². The van der Waals surface area contributed by atoms with Crippen LogP contribution >= 0.6 is 0 Å². The van der Waals surface area contributed by atoms with Crippen LogP contribution < -0.4 is 0 Å². The molecule has 2 nitrogen and oxygen atoms in total. The zero-order valence-electron chi connectivity index (χ0n) is 21.5. The average Bonchev–Trinajstić information content (AvgIpc) is 2.73. The molecule has 0 spiro atoms. The van der Waals surface area contributed by atoms with Gasteiger partial charge in [0.05, 0.1) is 0 Å². The Morgan fingerprint density at radius 3 is 1.81 bits per heavy atom. The van der Waals surface area contributed by atoms with Gasteiger partial charge in [0, 0.05) is 0 Å². The summed E-state index contributed by atoms with van der Waals surface area (Å²) in [6.45, 7) is 17.2. The Hall–Kier alpha value is -0.554. The summed E-state index contributed by atoms with van der Waals surface area (Å²) in [5.74, 6) is -0.194. The predicted molar refractivity (Wildman–Crippen MR) is 142 cm³/mol. The van der Waals surface area contributed by atoms with Crippen molar-refractivity contribution >= 4 is 32.4 Å². The van der Waals surface area contributed by atoms with Crippen molar-refractivity contribution in [3.63, 3.8) is 0 Å². The van der Waals surface area contributed by atoms with Gasteiger partial charge in [-0.05, 0) is 0 Å². The van der Waals surface area contributed by atoms with Crippen molar-refractivity contribution in [2.24, 2.45) is 0 Å². The average molecular weight is 551 g/mol. The first-order valence-electron chi connectivity index (χ1n) is 12.6.